The standard InChI is InChI=1S/C51H100NO10P/c1-3-5-7-9-11-13-15-17-19-21-22-23-24-25-26-27-28-30-32-34-36-38-40-42-49(54)52-48(51(56)57)46-62-63(58,59)61-45-47(53)44-60-50(55)43-41-39-37-35-33-31-29-20-18-16-14-12-10-8-6-4-2/h47-48,53H,3-46H2,1-2H3,(H,52,54)(H,56,57)(H,58,59). The van der Waals surface area contributed by atoms with Crippen molar-refractivity contribution in [3.05, 3.63) is 0 Å². The number of phosphoric acid groups is 1. The molecule has 0 heterocycles. The third-order valence-corrected chi connectivity index (χ3v) is 13.1. The van der Waals surface area contributed by atoms with Gasteiger partial charge in [0.25, 0.3) is 0 Å². The molecule has 0 aromatic heterocycles. The van der Waals surface area contributed by atoms with E-state index in [1.165, 1.54) is 199 Å². The first kappa shape index (κ1) is 61.5. The minimum atomic E-state index is -4.75. The first-order valence-electron chi connectivity index (χ1n) is 26.6. The fraction of sp³-hybridized carbons (Fsp3) is 0.941. The zero-order valence-corrected chi connectivity index (χ0v) is 41.8. The molecule has 0 fully saturated rings. The maximum atomic E-state index is 12.4. The number of carbonyl (C=O) groups excluding carboxylic acids is 2. The van der Waals surface area contributed by atoms with Crippen LogP contribution in [0.4, 0.5) is 0 Å². The number of nitrogens with one attached hydrogen (secondary N) is 1. The van der Waals surface area contributed by atoms with Crippen LogP contribution in [0.1, 0.15) is 277 Å². The second kappa shape index (κ2) is 47.0. The van der Waals surface area contributed by atoms with Gasteiger partial charge in [-0.05, 0) is 12.8 Å². The molecule has 0 aliphatic rings. The molecule has 0 aromatic rings. The van der Waals surface area contributed by atoms with Crippen molar-refractivity contribution in [1.82, 2.24) is 5.32 Å². The molecule has 0 saturated heterocycles. The Morgan fingerprint density at radius 1 is 0.444 bits per heavy atom. The Labute approximate surface area is 386 Å². The minimum absolute atomic E-state index is 0.153. The van der Waals surface area contributed by atoms with Crippen LogP contribution >= 0.6 is 7.82 Å². The SMILES string of the molecule is CCCCCCCCCCCCCCCCCCCCCCCCCC(=O)NC(COP(=O)(O)OCC(O)COC(=O)CCCCCCCCCCCCCCCCCC)C(=O)O. The second-order valence-electron chi connectivity index (χ2n) is 18.4. The van der Waals surface area contributed by atoms with Gasteiger partial charge in [0.1, 0.15) is 12.7 Å². The highest BCUT2D eigenvalue weighted by Gasteiger charge is 2.28. The summed E-state index contributed by atoms with van der Waals surface area (Å²) in [5.41, 5.74) is 0. The van der Waals surface area contributed by atoms with Crippen molar-refractivity contribution < 1.29 is 47.8 Å². The van der Waals surface area contributed by atoms with Crippen LogP contribution in [0.15, 0.2) is 0 Å². The van der Waals surface area contributed by atoms with Crippen LogP contribution in [-0.4, -0.2) is 64.9 Å². The average molecular weight is 918 g/mol. The molecule has 3 atom stereocenters. The zero-order valence-electron chi connectivity index (χ0n) is 40.9. The Morgan fingerprint density at radius 2 is 0.730 bits per heavy atom. The molecule has 0 saturated carbocycles. The Bertz CT molecular complexity index is 1080. The Hall–Kier alpha value is -1.52. The molecule has 0 bridgehead atoms. The maximum absolute atomic E-state index is 12.4. The number of ether oxygens (including phenoxy) is 1. The smallest absolute Gasteiger partial charge is 0.472 e. The van der Waals surface area contributed by atoms with Gasteiger partial charge in [-0.3, -0.25) is 18.6 Å². The molecule has 63 heavy (non-hydrogen) atoms. The molecule has 1 amide bonds. The lowest BCUT2D eigenvalue weighted by atomic mass is 10.0. The number of hydrogen-bond donors (Lipinski definition) is 4. The van der Waals surface area contributed by atoms with Gasteiger partial charge >= 0.3 is 19.8 Å². The van der Waals surface area contributed by atoms with Gasteiger partial charge in [-0.25, -0.2) is 9.36 Å². The minimum Gasteiger partial charge on any atom is -0.480 e. The number of aliphatic hydroxyl groups is 1. The summed E-state index contributed by atoms with van der Waals surface area (Å²) < 4.78 is 27.0. The van der Waals surface area contributed by atoms with Crippen molar-refractivity contribution in [1.29, 1.82) is 0 Å². The van der Waals surface area contributed by atoms with Gasteiger partial charge in [-0.2, -0.15) is 0 Å². The number of carboxylic acid groups (broad SMARTS) is 1. The van der Waals surface area contributed by atoms with Gasteiger partial charge in [0.15, 0.2) is 6.04 Å². The van der Waals surface area contributed by atoms with Crippen LogP contribution in [0.5, 0.6) is 0 Å². The fourth-order valence-electron chi connectivity index (χ4n) is 8.03. The predicted molar refractivity (Wildman–Crippen MR) is 259 cm³/mol. The van der Waals surface area contributed by atoms with Gasteiger partial charge in [0.05, 0.1) is 13.2 Å². The maximum Gasteiger partial charge on any atom is 0.472 e. The van der Waals surface area contributed by atoms with Gasteiger partial charge in [-0.15, -0.1) is 0 Å². The normalized spacial score (nSPS) is 13.5. The number of carbonyl (C=O) groups is 3. The van der Waals surface area contributed by atoms with E-state index in [1.807, 2.05) is 0 Å². The van der Waals surface area contributed by atoms with Crippen LogP contribution in [0.3, 0.4) is 0 Å². The van der Waals surface area contributed by atoms with E-state index in [1.54, 1.807) is 0 Å². The van der Waals surface area contributed by atoms with Crippen molar-refractivity contribution in [3.63, 3.8) is 0 Å². The molecular formula is C51H100NO10P. The molecule has 0 aliphatic heterocycles. The van der Waals surface area contributed by atoms with Gasteiger partial charge in [0, 0.05) is 12.8 Å². The first-order valence-corrected chi connectivity index (χ1v) is 28.1. The van der Waals surface area contributed by atoms with E-state index in [4.69, 9.17) is 13.8 Å². The number of unbranched alkanes of at least 4 members (excludes halogenated alkanes) is 37. The van der Waals surface area contributed by atoms with Crippen molar-refractivity contribution >= 4 is 25.7 Å². The summed E-state index contributed by atoms with van der Waals surface area (Å²) in [7, 11) is -4.75. The van der Waals surface area contributed by atoms with Crippen molar-refractivity contribution in [2.75, 3.05) is 19.8 Å². The highest BCUT2D eigenvalue weighted by atomic mass is 31.2. The largest absolute Gasteiger partial charge is 0.480 e. The molecule has 374 valence electrons. The summed E-state index contributed by atoms with van der Waals surface area (Å²) in [6, 6.07) is -1.54. The van der Waals surface area contributed by atoms with Crippen molar-refractivity contribution in [3.8, 4) is 0 Å². The van der Waals surface area contributed by atoms with E-state index in [9.17, 15) is 34.1 Å². The summed E-state index contributed by atoms with van der Waals surface area (Å²) in [6.07, 6.45) is 48.4. The molecular weight excluding hydrogens is 818 g/mol. The summed E-state index contributed by atoms with van der Waals surface area (Å²) in [6.45, 7) is 2.66. The van der Waals surface area contributed by atoms with E-state index in [0.29, 0.717) is 12.8 Å². The van der Waals surface area contributed by atoms with E-state index >= 15 is 0 Å². The topological polar surface area (TPSA) is 169 Å². The second-order valence-corrected chi connectivity index (χ2v) is 19.9. The number of esters is 1. The van der Waals surface area contributed by atoms with Crippen LogP contribution in [0.25, 0.3) is 0 Å². The number of rotatable bonds is 51. The summed E-state index contributed by atoms with van der Waals surface area (Å²) in [5.74, 6) is -2.34. The monoisotopic (exact) mass is 918 g/mol. The molecule has 0 spiro atoms. The number of hydrogen-bond acceptors (Lipinski definition) is 8. The lowest BCUT2D eigenvalue weighted by molar-refractivity contribution is -0.147. The zero-order chi connectivity index (χ0) is 46.3. The third kappa shape index (κ3) is 46.8. The van der Waals surface area contributed by atoms with Crippen molar-refractivity contribution in [2.24, 2.45) is 0 Å². The number of phosphoric ester groups is 1. The van der Waals surface area contributed by atoms with Crippen LogP contribution in [0.2, 0.25) is 0 Å². The first-order chi connectivity index (χ1) is 30.6. The summed E-state index contributed by atoms with van der Waals surface area (Å²) >= 11 is 0. The molecule has 3 unspecified atom stereocenters. The third-order valence-electron chi connectivity index (χ3n) is 12.1. The van der Waals surface area contributed by atoms with Gasteiger partial charge in [0.2, 0.25) is 5.91 Å². The molecule has 0 aliphatic carbocycles. The molecule has 11 nitrogen and oxygen atoms in total. The predicted octanol–water partition coefficient (Wildman–Crippen LogP) is 14.6. The van der Waals surface area contributed by atoms with Crippen molar-refractivity contribution in [2.45, 2.75) is 289 Å². The molecule has 0 rings (SSSR count). The lowest BCUT2D eigenvalue weighted by Crippen LogP contribution is -2.43. The van der Waals surface area contributed by atoms with Gasteiger partial charge in [-0.1, -0.05) is 251 Å². The Balaban J connectivity index is 3.76. The number of aliphatic carboxylic acids is 1. The number of amides is 1. The lowest BCUT2D eigenvalue weighted by Gasteiger charge is -2.18. The summed E-state index contributed by atoms with van der Waals surface area (Å²) in [5, 5.41) is 21.9. The number of aliphatic hydroxyl groups excluding tert-OH is 1. The van der Waals surface area contributed by atoms with E-state index in [2.05, 4.69) is 19.2 Å². The number of carboxylic acids is 1. The van der Waals surface area contributed by atoms with E-state index < -0.39 is 57.6 Å². The van der Waals surface area contributed by atoms with E-state index in [-0.39, 0.29) is 12.8 Å². The quantitative estimate of drug-likeness (QED) is 0.0262. The highest BCUT2D eigenvalue weighted by Crippen LogP contribution is 2.43. The average Bonchev–Trinajstić information content (AvgIpc) is 3.26. The van der Waals surface area contributed by atoms with Gasteiger partial charge < -0.3 is 25.2 Å². The fourth-order valence-corrected chi connectivity index (χ4v) is 8.80. The molecule has 12 heteroatoms. The van der Waals surface area contributed by atoms with Crippen LogP contribution in [-0.2, 0) is 32.7 Å². The molecule has 0 aromatic carbocycles. The molecule has 0 radical (unpaired) electrons. The van der Waals surface area contributed by atoms with E-state index in [0.717, 1.165) is 38.5 Å². The van der Waals surface area contributed by atoms with Crippen LogP contribution < -0.4 is 5.32 Å². The Morgan fingerprint density at radius 3 is 1.05 bits per heavy atom. The summed E-state index contributed by atoms with van der Waals surface area (Å²) in [4.78, 5) is 46.1. The molecule has 4 N–H and O–H groups in total. The Kier molecular flexibility index (Phi) is 45.9. The highest BCUT2D eigenvalue weighted by molar-refractivity contribution is 7.47. The van der Waals surface area contributed by atoms with Crippen LogP contribution in [0, 0.1) is 0 Å².